The van der Waals surface area contributed by atoms with Gasteiger partial charge in [-0.25, -0.2) is 4.68 Å². The maximum Gasteiger partial charge on any atom is 0.143 e. The van der Waals surface area contributed by atoms with Crippen LogP contribution in [0.2, 0.25) is 0 Å². The van der Waals surface area contributed by atoms with Crippen molar-refractivity contribution < 1.29 is 9.53 Å². The van der Waals surface area contributed by atoms with Gasteiger partial charge in [0.2, 0.25) is 0 Å². The van der Waals surface area contributed by atoms with Crippen LogP contribution in [0.3, 0.4) is 0 Å². The lowest BCUT2D eigenvalue weighted by atomic mass is 9.67. The zero-order valence-electron chi connectivity index (χ0n) is 19.1. The Hall–Kier alpha value is -3.34. The predicted octanol–water partition coefficient (Wildman–Crippen LogP) is 5.64. The van der Waals surface area contributed by atoms with Crippen molar-refractivity contribution in [2.45, 2.75) is 40.0 Å². The van der Waals surface area contributed by atoms with Gasteiger partial charge in [0.05, 0.1) is 23.9 Å². The summed E-state index contributed by atoms with van der Waals surface area (Å²) in [5, 5.41) is 8.52. The zero-order chi connectivity index (χ0) is 22.5. The molecule has 0 saturated carbocycles. The van der Waals surface area contributed by atoms with E-state index in [-0.39, 0.29) is 23.0 Å². The van der Waals surface area contributed by atoms with Gasteiger partial charge in [0.25, 0.3) is 0 Å². The molecule has 32 heavy (non-hydrogen) atoms. The minimum atomic E-state index is -0.236. The lowest BCUT2D eigenvalue weighted by Gasteiger charge is -2.40. The number of rotatable bonds is 4. The SMILES string of the molecule is CCOc1ccc([C@@H]2c3c(C)nn(-c4ccccc4)c3NC3=CC(C)(C)CC(=O)[C@H]32)cc1. The first-order valence-electron chi connectivity index (χ1n) is 11.3. The molecule has 0 spiro atoms. The van der Waals surface area contributed by atoms with Gasteiger partial charge in [-0.3, -0.25) is 4.79 Å². The van der Waals surface area contributed by atoms with Crippen LogP contribution in [0.25, 0.3) is 5.69 Å². The molecule has 0 amide bonds. The third kappa shape index (κ3) is 3.42. The molecule has 2 aliphatic rings. The molecule has 5 heteroatoms. The molecular formula is C27H29N3O2. The molecule has 1 N–H and O–H groups in total. The largest absolute Gasteiger partial charge is 0.494 e. The second kappa shape index (κ2) is 7.66. The van der Waals surface area contributed by atoms with E-state index < -0.39 is 0 Å². The number of allylic oxidation sites excluding steroid dienone is 2. The van der Waals surface area contributed by atoms with Crippen molar-refractivity contribution >= 4 is 11.6 Å². The fourth-order valence-electron chi connectivity index (χ4n) is 5.16. The summed E-state index contributed by atoms with van der Waals surface area (Å²) in [6.07, 6.45) is 2.78. The summed E-state index contributed by atoms with van der Waals surface area (Å²) in [7, 11) is 0. The van der Waals surface area contributed by atoms with Crippen LogP contribution in [0.15, 0.2) is 66.4 Å². The number of ketones is 1. The van der Waals surface area contributed by atoms with Crippen LogP contribution in [0.1, 0.15) is 49.9 Å². The number of nitrogens with zero attached hydrogens (tertiary/aromatic N) is 2. The molecule has 0 bridgehead atoms. The van der Waals surface area contributed by atoms with E-state index in [9.17, 15) is 4.79 Å². The van der Waals surface area contributed by atoms with Gasteiger partial charge < -0.3 is 10.1 Å². The Morgan fingerprint density at radius 2 is 1.81 bits per heavy atom. The molecule has 0 fully saturated rings. The molecule has 1 aliphatic carbocycles. The molecule has 2 aromatic carbocycles. The van der Waals surface area contributed by atoms with Gasteiger partial charge in [-0.05, 0) is 49.1 Å². The molecule has 5 rings (SSSR count). The van der Waals surface area contributed by atoms with Crippen molar-refractivity contribution in [1.29, 1.82) is 0 Å². The zero-order valence-corrected chi connectivity index (χ0v) is 19.1. The normalized spacial score (nSPS) is 21.2. The van der Waals surface area contributed by atoms with Crippen molar-refractivity contribution in [2.24, 2.45) is 11.3 Å². The molecule has 5 nitrogen and oxygen atoms in total. The highest BCUT2D eigenvalue weighted by Crippen LogP contribution is 2.50. The van der Waals surface area contributed by atoms with Gasteiger partial charge in [0.1, 0.15) is 17.4 Å². The molecule has 3 aromatic rings. The van der Waals surface area contributed by atoms with Gasteiger partial charge in [0, 0.05) is 23.6 Å². The number of hydrogen-bond acceptors (Lipinski definition) is 4. The van der Waals surface area contributed by atoms with Crippen LogP contribution in [0, 0.1) is 18.3 Å². The maximum atomic E-state index is 13.5. The predicted molar refractivity (Wildman–Crippen MR) is 126 cm³/mol. The Balaban J connectivity index is 1.71. The summed E-state index contributed by atoms with van der Waals surface area (Å²) in [5.41, 5.74) is 4.93. The monoisotopic (exact) mass is 427 g/mol. The average molecular weight is 428 g/mol. The van der Waals surface area contributed by atoms with E-state index in [4.69, 9.17) is 9.84 Å². The van der Waals surface area contributed by atoms with Crippen LogP contribution in [-0.4, -0.2) is 22.2 Å². The first-order valence-corrected chi connectivity index (χ1v) is 11.3. The number of anilines is 1. The van der Waals surface area contributed by atoms with E-state index in [0.717, 1.165) is 39.8 Å². The van der Waals surface area contributed by atoms with Gasteiger partial charge in [-0.2, -0.15) is 5.10 Å². The average Bonchev–Trinajstić information content (AvgIpc) is 3.09. The number of fused-ring (bicyclic) bond motifs is 2. The number of aryl methyl sites for hydroxylation is 1. The van der Waals surface area contributed by atoms with Gasteiger partial charge in [-0.15, -0.1) is 0 Å². The quantitative estimate of drug-likeness (QED) is 0.586. The Morgan fingerprint density at radius 1 is 1.09 bits per heavy atom. The summed E-state index contributed by atoms with van der Waals surface area (Å²) in [4.78, 5) is 13.5. The van der Waals surface area contributed by atoms with Crippen LogP contribution >= 0.6 is 0 Å². The fourth-order valence-corrected chi connectivity index (χ4v) is 5.16. The minimum absolute atomic E-state index is 0.0887. The summed E-state index contributed by atoms with van der Waals surface area (Å²) in [5.74, 6) is 1.74. The third-order valence-corrected chi connectivity index (χ3v) is 6.42. The van der Waals surface area contributed by atoms with Crippen LogP contribution in [0.5, 0.6) is 5.75 Å². The van der Waals surface area contributed by atoms with Crippen LogP contribution in [-0.2, 0) is 4.79 Å². The first kappa shape index (κ1) is 20.6. The summed E-state index contributed by atoms with van der Waals surface area (Å²) in [6, 6.07) is 18.3. The summed E-state index contributed by atoms with van der Waals surface area (Å²) in [6.45, 7) is 8.89. The van der Waals surface area contributed by atoms with E-state index in [1.807, 2.05) is 48.9 Å². The smallest absolute Gasteiger partial charge is 0.143 e. The Kier molecular flexibility index (Phi) is 4.92. The number of nitrogens with one attached hydrogen (secondary N) is 1. The number of carbonyl (C=O) groups excluding carboxylic acids is 1. The number of hydrogen-bond donors (Lipinski definition) is 1. The van der Waals surface area contributed by atoms with Gasteiger partial charge in [-0.1, -0.05) is 50.3 Å². The lowest BCUT2D eigenvalue weighted by molar-refractivity contribution is -0.124. The van der Waals surface area contributed by atoms with Crippen molar-refractivity contribution in [1.82, 2.24) is 9.78 Å². The van der Waals surface area contributed by atoms with Gasteiger partial charge in [0.15, 0.2) is 0 Å². The summed E-state index contributed by atoms with van der Waals surface area (Å²) < 4.78 is 7.62. The Labute approximate surface area is 189 Å². The maximum absolute atomic E-state index is 13.5. The first-order chi connectivity index (χ1) is 15.4. The highest BCUT2D eigenvalue weighted by atomic mass is 16.5. The van der Waals surface area contributed by atoms with Crippen molar-refractivity contribution in [3.05, 3.63) is 83.2 Å². The highest BCUT2D eigenvalue weighted by molar-refractivity contribution is 5.90. The molecule has 0 radical (unpaired) electrons. The molecule has 164 valence electrons. The van der Waals surface area contributed by atoms with Crippen molar-refractivity contribution in [3.8, 4) is 11.4 Å². The highest BCUT2D eigenvalue weighted by Gasteiger charge is 2.46. The Morgan fingerprint density at radius 3 is 2.50 bits per heavy atom. The number of Topliss-reactive ketones (excluding diaryl/α,β-unsaturated/α-hetero) is 1. The van der Waals surface area contributed by atoms with Gasteiger partial charge >= 0.3 is 0 Å². The van der Waals surface area contributed by atoms with E-state index in [2.05, 4.69) is 49.5 Å². The van der Waals surface area contributed by atoms with Crippen LogP contribution in [0.4, 0.5) is 5.82 Å². The number of para-hydroxylation sites is 1. The molecule has 0 unspecified atom stereocenters. The standard InChI is InChI=1S/C27H29N3O2/c1-5-32-20-13-11-18(12-14-20)24-23-17(2)29-30(19-9-7-6-8-10-19)26(23)28-21-15-27(3,4)16-22(31)25(21)24/h6-15,24-25,28H,5,16H2,1-4H3/t24-,25+/m1/s1. The lowest BCUT2D eigenvalue weighted by Crippen LogP contribution is -2.39. The number of aromatic nitrogens is 2. The molecule has 2 atom stereocenters. The fraction of sp³-hybridized carbons (Fsp3) is 0.333. The minimum Gasteiger partial charge on any atom is -0.494 e. The molecule has 0 saturated heterocycles. The summed E-state index contributed by atoms with van der Waals surface area (Å²) >= 11 is 0. The van der Waals surface area contributed by atoms with E-state index in [0.29, 0.717) is 13.0 Å². The van der Waals surface area contributed by atoms with Crippen molar-refractivity contribution in [2.75, 3.05) is 11.9 Å². The molecular weight excluding hydrogens is 398 g/mol. The number of ether oxygens (including phenoxy) is 1. The number of carbonyl (C=O) groups is 1. The molecule has 1 aliphatic heterocycles. The third-order valence-electron chi connectivity index (χ3n) is 6.42. The topological polar surface area (TPSA) is 56.1 Å². The van der Waals surface area contributed by atoms with Crippen molar-refractivity contribution in [3.63, 3.8) is 0 Å². The Bertz CT molecular complexity index is 1190. The van der Waals surface area contributed by atoms with Crippen LogP contribution < -0.4 is 10.1 Å². The van der Waals surface area contributed by atoms with E-state index in [1.165, 1.54) is 0 Å². The van der Waals surface area contributed by atoms with E-state index in [1.54, 1.807) is 0 Å². The molecule has 1 aromatic heterocycles. The van der Waals surface area contributed by atoms with E-state index >= 15 is 0 Å². The second-order valence-electron chi connectivity index (χ2n) is 9.41. The second-order valence-corrected chi connectivity index (χ2v) is 9.41. The number of benzene rings is 2. The molecule has 2 heterocycles.